The molecule has 3 heterocycles. The van der Waals surface area contributed by atoms with E-state index in [1.54, 1.807) is 12.4 Å². The number of anilines is 1. The van der Waals surface area contributed by atoms with Gasteiger partial charge in [-0.1, -0.05) is 30.0 Å². The number of carbonyl (C=O) groups excluding carboxylic acids is 1. The van der Waals surface area contributed by atoms with Crippen LogP contribution >= 0.6 is 23.1 Å². The predicted octanol–water partition coefficient (Wildman–Crippen LogP) is 6.35. The van der Waals surface area contributed by atoms with Gasteiger partial charge in [0.1, 0.15) is 0 Å². The summed E-state index contributed by atoms with van der Waals surface area (Å²) in [6.07, 6.45) is 0.376. The van der Waals surface area contributed by atoms with Crippen LogP contribution in [-0.4, -0.2) is 42.6 Å². The van der Waals surface area contributed by atoms with Crippen molar-refractivity contribution in [2.45, 2.75) is 42.9 Å². The Balaban J connectivity index is 1.23. The molecule has 192 valence electrons. The lowest BCUT2D eigenvalue weighted by molar-refractivity contribution is -0.182. The van der Waals surface area contributed by atoms with Crippen LogP contribution in [0.1, 0.15) is 37.3 Å². The van der Waals surface area contributed by atoms with Crippen molar-refractivity contribution in [3.8, 4) is 17.1 Å². The summed E-state index contributed by atoms with van der Waals surface area (Å²) in [5, 5.41) is 14.3. The van der Waals surface area contributed by atoms with Crippen molar-refractivity contribution in [1.29, 1.82) is 0 Å². The van der Waals surface area contributed by atoms with Crippen molar-refractivity contribution in [2.75, 3.05) is 11.1 Å². The highest BCUT2D eigenvalue weighted by Gasteiger charge is 2.41. The number of pyridine rings is 1. The molecular weight excluding hydrogens is 521 g/mol. The first kappa shape index (κ1) is 25.4. The summed E-state index contributed by atoms with van der Waals surface area (Å²) in [4.78, 5) is 21.2. The number of nitrogens with zero attached hydrogens (tertiary/aromatic N) is 5. The van der Waals surface area contributed by atoms with Gasteiger partial charge in [0.05, 0.1) is 17.4 Å². The zero-order chi connectivity index (χ0) is 25.8. The van der Waals surface area contributed by atoms with Gasteiger partial charge in [0, 0.05) is 34.9 Å². The Kier molecular flexibility index (Phi) is 7.56. The molecule has 1 saturated carbocycles. The van der Waals surface area contributed by atoms with E-state index in [4.69, 9.17) is 0 Å². The zero-order valence-electron chi connectivity index (χ0n) is 19.6. The molecule has 0 atom stereocenters. The van der Waals surface area contributed by atoms with E-state index in [9.17, 15) is 18.0 Å². The van der Waals surface area contributed by atoms with E-state index in [-0.39, 0.29) is 30.4 Å². The van der Waals surface area contributed by atoms with Gasteiger partial charge in [-0.15, -0.1) is 21.5 Å². The van der Waals surface area contributed by atoms with Crippen molar-refractivity contribution in [3.63, 3.8) is 0 Å². The highest BCUT2D eigenvalue weighted by Crippen LogP contribution is 2.43. The lowest BCUT2D eigenvalue weighted by atomic mass is 9.80. The van der Waals surface area contributed by atoms with Gasteiger partial charge in [-0.05, 0) is 49.9 Å². The zero-order valence-corrected chi connectivity index (χ0v) is 21.2. The molecule has 7 nitrogen and oxygen atoms in total. The molecule has 0 radical (unpaired) electrons. The van der Waals surface area contributed by atoms with E-state index in [0.29, 0.717) is 29.0 Å². The molecule has 0 spiro atoms. The fraction of sp³-hybridized carbons (Fsp3) is 0.320. The monoisotopic (exact) mass is 544 g/mol. The highest BCUT2D eigenvalue weighted by atomic mass is 32.2. The molecule has 1 aliphatic carbocycles. The molecule has 1 aromatic carbocycles. The number of carbonyl (C=O) groups is 1. The number of nitrogens with one attached hydrogen (secondary N) is 1. The molecule has 0 aliphatic heterocycles. The van der Waals surface area contributed by atoms with E-state index in [2.05, 4.69) is 25.5 Å². The summed E-state index contributed by atoms with van der Waals surface area (Å²) in [7, 11) is 0. The molecule has 0 saturated heterocycles. The van der Waals surface area contributed by atoms with Crippen molar-refractivity contribution < 1.29 is 18.0 Å². The quantitative estimate of drug-likeness (QED) is 0.273. The topological polar surface area (TPSA) is 85.6 Å². The molecule has 1 aliphatic rings. The number of benzene rings is 1. The van der Waals surface area contributed by atoms with E-state index in [1.807, 2.05) is 52.4 Å². The molecule has 4 aromatic rings. The molecule has 1 N–H and O–H groups in total. The SMILES string of the molecule is O=C(CSc1nnc(-c2ccncc2)n1-c1ccccc1)Nc1nc(C2CCC(C(F)(F)F)CC2)cs1. The Bertz CT molecular complexity index is 1340. The number of hydrogen-bond donors (Lipinski definition) is 1. The molecule has 12 heteroatoms. The van der Waals surface area contributed by atoms with Crippen LogP contribution in [0.3, 0.4) is 0 Å². The fourth-order valence-electron chi connectivity index (χ4n) is 4.39. The lowest BCUT2D eigenvalue weighted by Crippen LogP contribution is -2.27. The maximum Gasteiger partial charge on any atom is 0.391 e. The average molecular weight is 545 g/mol. The maximum atomic E-state index is 12.9. The summed E-state index contributed by atoms with van der Waals surface area (Å²) in [5.74, 6) is -0.755. The maximum absolute atomic E-state index is 12.9. The number of amides is 1. The Hall–Kier alpha value is -3.25. The molecule has 0 bridgehead atoms. The summed E-state index contributed by atoms with van der Waals surface area (Å²) in [6.45, 7) is 0. The van der Waals surface area contributed by atoms with Crippen molar-refractivity contribution in [3.05, 3.63) is 65.9 Å². The van der Waals surface area contributed by atoms with E-state index >= 15 is 0 Å². The number of halogens is 3. The highest BCUT2D eigenvalue weighted by molar-refractivity contribution is 7.99. The summed E-state index contributed by atoms with van der Waals surface area (Å²) < 4.78 is 40.7. The van der Waals surface area contributed by atoms with Gasteiger partial charge in [-0.3, -0.25) is 14.3 Å². The third-order valence-corrected chi connectivity index (χ3v) is 8.00. The minimum absolute atomic E-state index is 0.00842. The first-order chi connectivity index (χ1) is 17.9. The van der Waals surface area contributed by atoms with Crippen LogP contribution in [0, 0.1) is 5.92 Å². The van der Waals surface area contributed by atoms with Gasteiger partial charge in [0.2, 0.25) is 5.91 Å². The van der Waals surface area contributed by atoms with Gasteiger partial charge in [0.25, 0.3) is 0 Å². The third-order valence-electron chi connectivity index (χ3n) is 6.30. The molecular formula is C25H23F3N6OS2. The van der Waals surface area contributed by atoms with Crippen LogP contribution in [-0.2, 0) is 4.79 Å². The largest absolute Gasteiger partial charge is 0.391 e. The third kappa shape index (κ3) is 6.02. The summed E-state index contributed by atoms with van der Waals surface area (Å²) in [6, 6.07) is 13.3. The number of para-hydroxylation sites is 1. The van der Waals surface area contributed by atoms with Crippen LogP contribution in [0.4, 0.5) is 18.3 Å². The number of aromatic nitrogens is 5. The standard InChI is InChI=1S/C25H23F3N6OS2/c26-25(27,28)18-8-6-16(7-9-18)20-14-36-23(30-20)31-21(35)15-37-24-33-32-22(17-10-12-29-13-11-17)34(24)19-4-2-1-3-5-19/h1-5,10-14,16,18H,6-9,15H2,(H,30,31,35). The van der Waals surface area contributed by atoms with Gasteiger partial charge >= 0.3 is 6.18 Å². The van der Waals surface area contributed by atoms with E-state index in [1.165, 1.54) is 23.1 Å². The Morgan fingerprint density at radius 1 is 1.05 bits per heavy atom. The number of thioether (sulfide) groups is 1. The van der Waals surface area contributed by atoms with Crippen LogP contribution in [0.25, 0.3) is 17.1 Å². The fourth-order valence-corrected chi connectivity index (χ4v) is 5.95. The first-order valence-electron chi connectivity index (χ1n) is 11.7. The molecule has 0 unspecified atom stereocenters. The average Bonchev–Trinajstić information content (AvgIpc) is 3.55. The predicted molar refractivity (Wildman–Crippen MR) is 137 cm³/mol. The Labute approximate surface area is 219 Å². The minimum Gasteiger partial charge on any atom is -0.301 e. The molecule has 37 heavy (non-hydrogen) atoms. The molecule has 1 fully saturated rings. The Morgan fingerprint density at radius 3 is 2.49 bits per heavy atom. The molecule has 5 rings (SSSR count). The molecule has 3 aromatic heterocycles. The summed E-state index contributed by atoms with van der Waals surface area (Å²) >= 11 is 2.54. The second kappa shape index (κ2) is 11.0. The second-order valence-electron chi connectivity index (χ2n) is 8.72. The first-order valence-corrected chi connectivity index (χ1v) is 13.6. The van der Waals surface area contributed by atoms with Gasteiger partial charge in [0.15, 0.2) is 16.1 Å². The second-order valence-corrected chi connectivity index (χ2v) is 10.5. The van der Waals surface area contributed by atoms with E-state index < -0.39 is 12.1 Å². The van der Waals surface area contributed by atoms with Gasteiger partial charge < -0.3 is 5.32 Å². The van der Waals surface area contributed by atoms with Crippen molar-refractivity contribution in [2.24, 2.45) is 5.92 Å². The van der Waals surface area contributed by atoms with Crippen molar-refractivity contribution in [1.82, 2.24) is 24.7 Å². The lowest BCUT2D eigenvalue weighted by Gasteiger charge is -2.28. The van der Waals surface area contributed by atoms with Gasteiger partial charge in [-0.25, -0.2) is 4.98 Å². The number of rotatable bonds is 7. The molecule has 1 amide bonds. The number of thiazole rings is 1. The van der Waals surface area contributed by atoms with E-state index in [0.717, 1.165) is 16.9 Å². The number of hydrogen-bond acceptors (Lipinski definition) is 7. The summed E-state index contributed by atoms with van der Waals surface area (Å²) in [5.41, 5.74) is 2.47. The minimum atomic E-state index is -4.13. The normalized spacial score (nSPS) is 18.0. The Morgan fingerprint density at radius 2 is 1.78 bits per heavy atom. The van der Waals surface area contributed by atoms with Crippen LogP contribution in [0.2, 0.25) is 0 Å². The smallest absolute Gasteiger partial charge is 0.301 e. The van der Waals surface area contributed by atoms with Crippen LogP contribution in [0.15, 0.2) is 65.4 Å². The van der Waals surface area contributed by atoms with Crippen LogP contribution in [0.5, 0.6) is 0 Å². The van der Waals surface area contributed by atoms with Crippen LogP contribution < -0.4 is 5.32 Å². The van der Waals surface area contributed by atoms with Crippen molar-refractivity contribution >= 4 is 34.1 Å². The van der Waals surface area contributed by atoms with Gasteiger partial charge in [-0.2, -0.15) is 13.2 Å². The number of alkyl halides is 3.